The lowest BCUT2D eigenvalue weighted by Gasteiger charge is -2.18. The van der Waals surface area contributed by atoms with Crippen LogP contribution in [0.3, 0.4) is 0 Å². The molecule has 140 valence electrons. The Morgan fingerprint density at radius 2 is 1.93 bits per heavy atom. The highest BCUT2D eigenvalue weighted by atomic mass is 16.5. The number of benzene rings is 1. The van der Waals surface area contributed by atoms with Gasteiger partial charge in [-0.25, -0.2) is 14.3 Å². The molecule has 0 bridgehead atoms. The van der Waals surface area contributed by atoms with E-state index in [1.807, 2.05) is 6.07 Å². The number of carbonyl (C=O) groups excluding carboxylic acids is 3. The van der Waals surface area contributed by atoms with Gasteiger partial charge in [-0.1, -0.05) is 18.2 Å². The van der Waals surface area contributed by atoms with Crippen LogP contribution in [0.1, 0.15) is 23.1 Å². The molecule has 9 heteroatoms. The predicted molar refractivity (Wildman–Crippen MR) is 94.6 cm³/mol. The topological polar surface area (TPSA) is 111 Å². The summed E-state index contributed by atoms with van der Waals surface area (Å²) < 4.78 is 6.53. The zero-order valence-corrected chi connectivity index (χ0v) is 14.8. The second kappa shape index (κ2) is 7.40. The van der Waals surface area contributed by atoms with E-state index in [2.05, 4.69) is 10.4 Å². The van der Waals surface area contributed by atoms with Crippen molar-refractivity contribution < 1.29 is 19.1 Å². The Morgan fingerprint density at radius 1 is 1.22 bits per heavy atom. The average Bonchev–Trinajstić information content (AvgIpc) is 3.07. The molecule has 1 unspecified atom stereocenters. The molecule has 1 saturated heterocycles. The summed E-state index contributed by atoms with van der Waals surface area (Å²) in [4.78, 5) is 49.3. The number of hydrogen-bond donors (Lipinski definition) is 1. The van der Waals surface area contributed by atoms with Gasteiger partial charge in [-0.15, -0.1) is 0 Å². The monoisotopic (exact) mass is 370 g/mol. The molecule has 0 radical (unpaired) electrons. The van der Waals surface area contributed by atoms with Gasteiger partial charge in [-0.3, -0.25) is 14.5 Å². The average molecular weight is 370 g/mol. The quantitative estimate of drug-likeness (QED) is 0.791. The molecule has 0 saturated carbocycles. The van der Waals surface area contributed by atoms with E-state index in [1.165, 1.54) is 17.7 Å². The maximum Gasteiger partial charge on any atom is 0.363 e. The predicted octanol–water partition coefficient (Wildman–Crippen LogP) is 0.638. The summed E-state index contributed by atoms with van der Waals surface area (Å²) in [6, 6.07) is 9.72. The number of aryl methyl sites for hydroxylation is 1. The van der Waals surface area contributed by atoms with E-state index in [0.29, 0.717) is 17.9 Å². The molecule has 0 spiro atoms. The van der Waals surface area contributed by atoms with Crippen LogP contribution in [0.25, 0.3) is 5.69 Å². The van der Waals surface area contributed by atoms with Crippen molar-refractivity contribution in [3.63, 3.8) is 0 Å². The Morgan fingerprint density at radius 3 is 2.56 bits per heavy atom. The summed E-state index contributed by atoms with van der Waals surface area (Å²) in [5, 5.41) is 6.58. The van der Waals surface area contributed by atoms with Crippen LogP contribution >= 0.6 is 0 Å². The second-order valence-corrected chi connectivity index (χ2v) is 6.02. The molecule has 3 amide bonds. The number of para-hydroxylation sites is 1. The molecule has 2 aromatic rings. The van der Waals surface area contributed by atoms with Crippen LogP contribution in [0.4, 0.5) is 4.79 Å². The first-order chi connectivity index (χ1) is 12.9. The SMILES string of the molecule is Cc1cc(=O)c(C(=O)OC(C)C(=O)N2CCNC2=O)nn1-c1ccccc1. The highest BCUT2D eigenvalue weighted by molar-refractivity contribution is 5.99. The molecular weight excluding hydrogens is 352 g/mol. The number of nitrogens with one attached hydrogen (secondary N) is 1. The summed E-state index contributed by atoms with van der Waals surface area (Å²) in [6.07, 6.45) is -1.23. The van der Waals surface area contributed by atoms with Crippen LogP contribution < -0.4 is 10.7 Å². The maximum absolute atomic E-state index is 12.4. The second-order valence-electron chi connectivity index (χ2n) is 6.02. The Balaban J connectivity index is 1.83. The van der Waals surface area contributed by atoms with Crippen LogP contribution in [0, 0.1) is 6.92 Å². The van der Waals surface area contributed by atoms with Gasteiger partial charge in [0.25, 0.3) is 5.91 Å². The smallest absolute Gasteiger partial charge is 0.363 e. The third kappa shape index (κ3) is 3.71. The third-order valence-corrected chi connectivity index (χ3v) is 4.06. The van der Waals surface area contributed by atoms with Gasteiger partial charge in [0, 0.05) is 24.8 Å². The van der Waals surface area contributed by atoms with Gasteiger partial charge in [0.1, 0.15) is 0 Å². The van der Waals surface area contributed by atoms with Crippen LogP contribution in [0.2, 0.25) is 0 Å². The number of esters is 1. The van der Waals surface area contributed by atoms with E-state index in [1.54, 1.807) is 31.2 Å². The highest BCUT2D eigenvalue weighted by Crippen LogP contribution is 2.10. The summed E-state index contributed by atoms with van der Waals surface area (Å²) in [5.41, 5.74) is 0.167. The first-order valence-electron chi connectivity index (χ1n) is 8.35. The van der Waals surface area contributed by atoms with Gasteiger partial charge >= 0.3 is 12.0 Å². The van der Waals surface area contributed by atoms with E-state index >= 15 is 0 Å². The van der Waals surface area contributed by atoms with E-state index in [0.717, 1.165) is 4.90 Å². The van der Waals surface area contributed by atoms with E-state index in [9.17, 15) is 19.2 Å². The zero-order chi connectivity index (χ0) is 19.6. The lowest BCUT2D eigenvalue weighted by Crippen LogP contribution is -2.42. The normalized spacial score (nSPS) is 14.6. The Labute approximate surface area is 154 Å². The van der Waals surface area contributed by atoms with Crippen molar-refractivity contribution in [1.82, 2.24) is 20.0 Å². The fourth-order valence-electron chi connectivity index (χ4n) is 2.69. The number of carbonyl (C=O) groups is 3. The fraction of sp³-hybridized carbons (Fsp3) is 0.278. The molecule has 3 rings (SSSR count). The third-order valence-electron chi connectivity index (χ3n) is 4.06. The van der Waals surface area contributed by atoms with Crippen molar-refractivity contribution >= 4 is 17.9 Å². The lowest BCUT2D eigenvalue weighted by atomic mass is 10.3. The van der Waals surface area contributed by atoms with Crippen molar-refractivity contribution in [2.75, 3.05) is 13.1 Å². The molecule has 1 aromatic heterocycles. The molecule has 1 aromatic carbocycles. The molecule has 1 fully saturated rings. The first kappa shape index (κ1) is 18.3. The molecular formula is C18H18N4O5. The van der Waals surface area contributed by atoms with E-state index in [-0.39, 0.29) is 6.54 Å². The van der Waals surface area contributed by atoms with Gasteiger partial charge in [0.05, 0.1) is 5.69 Å². The number of imide groups is 1. The number of ether oxygens (including phenoxy) is 1. The van der Waals surface area contributed by atoms with Crippen LogP contribution in [-0.4, -0.2) is 51.8 Å². The fourth-order valence-corrected chi connectivity index (χ4v) is 2.69. The maximum atomic E-state index is 12.4. The van der Waals surface area contributed by atoms with Crippen molar-refractivity contribution in [1.29, 1.82) is 0 Å². The van der Waals surface area contributed by atoms with Crippen molar-refractivity contribution in [2.24, 2.45) is 0 Å². The van der Waals surface area contributed by atoms with Crippen molar-refractivity contribution in [3.05, 3.63) is 58.0 Å². The first-order valence-corrected chi connectivity index (χ1v) is 8.35. The summed E-state index contributed by atoms with van der Waals surface area (Å²) in [7, 11) is 0. The molecule has 1 aliphatic rings. The van der Waals surface area contributed by atoms with Gasteiger partial charge in [0.15, 0.2) is 6.10 Å². The molecule has 1 atom stereocenters. The minimum absolute atomic E-state index is 0.198. The van der Waals surface area contributed by atoms with E-state index in [4.69, 9.17) is 4.74 Å². The van der Waals surface area contributed by atoms with E-state index < -0.39 is 35.1 Å². The summed E-state index contributed by atoms with van der Waals surface area (Å²) in [6.45, 7) is 3.57. The summed E-state index contributed by atoms with van der Waals surface area (Å²) in [5.74, 6) is -1.68. The molecule has 1 aliphatic heterocycles. The molecule has 1 N–H and O–H groups in total. The number of aromatic nitrogens is 2. The number of nitrogens with zero attached hydrogens (tertiary/aromatic N) is 3. The van der Waals surface area contributed by atoms with Gasteiger partial charge in [0.2, 0.25) is 11.1 Å². The Kier molecular flexibility index (Phi) is 5.02. The molecule has 9 nitrogen and oxygen atoms in total. The summed E-state index contributed by atoms with van der Waals surface area (Å²) >= 11 is 0. The Hall–Kier alpha value is -3.49. The number of urea groups is 1. The minimum atomic E-state index is -1.23. The number of hydrogen-bond acceptors (Lipinski definition) is 6. The number of amides is 3. The number of rotatable bonds is 4. The zero-order valence-electron chi connectivity index (χ0n) is 14.8. The molecule has 2 heterocycles. The Bertz CT molecular complexity index is 954. The van der Waals surface area contributed by atoms with Crippen LogP contribution in [-0.2, 0) is 9.53 Å². The van der Waals surface area contributed by atoms with Crippen LogP contribution in [0.5, 0.6) is 0 Å². The molecule has 27 heavy (non-hydrogen) atoms. The lowest BCUT2D eigenvalue weighted by molar-refractivity contribution is -0.136. The molecule has 0 aliphatic carbocycles. The van der Waals surface area contributed by atoms with Crippen molar-refractivity contribution in [3.8, 4) is 5.69 Å². The van der Waals surface area contributed by atoms with Crippen molar-refractivity contribution in [2.45, 2.75) is 20.0 Å². The standard InChI is InChI=1S/C18H18N4O5/c1-11-10-14(23)15(20-22(11)13-6-4-3-5-7-13)17(25)27-12(2)16(24)21-9-8-19-18(21)26/h3-7,10,12H,8-9H2,1-2H3,(H,19,26). The van der Waals surface area contributed by atoms with Crippen LogP contribution in [0.15, 0.2) is 41.2 Å². The highest BCUT2D eigenvalue weighted by Gasteiger charge is 2.32. The largest absolute Gasteiger partial charge is 0.448 e. The van der Waals surface area contributed by atoms with Gasteiger partial charge in [-0.2, -0.15) is 5.10 Å². The minimum Gasteiger partial charge on any atom is -0.448 e. The van der Waals surface area contributed by atoms with Gasteiger partial charge < -0.3 is 10.1 Å². The van der Waals surface area contributed by atoms with Gasteiger partial charge in [-0.05, 0) is 26.0 Å².